The lowest BCUT2D eigenvalue weighted by Gasteiger charge is -2.14. The molecule has 4 nitrogen and oxygen atoms in total. The number of nitrogens with one attached hydrogen (secondary N) is 1. The first-order valence-corrected chi connectivity index (χ1v) is 5.81. The number of carbonyl (C=O) groups is 1. The average Bonchev–Trinajstić information content (AvgIpc) is 2.26. The SMILES string of the molecule is CC(C)CC(N)C(=O)NCc1ccccc1O. The van der Waals surface area contributed by atoms with Crippen LogP contribution in [0.25, 0.3) is 0 Å². The molecule has 94 valence electrons. The second-order valence-corrected chi connectivity index (χ2v) is 4.58. The van der Waals surface area contributed by atoms with Gasteiger partial charge in [0.25, 0.3) is 0 Å². The zero-order chi connectivity index (χ0) is 12.8. The Labute approximate surface area is 102 Å². The van der Waals surface area contributed by atoms with Crippen LogP contribution in [-0.2, 0) is 11.3 Å². The van der Waals surface area contributed by atoms with Crippen molar-refractivity contribution in [2.75, 3.05) is 0 Å². The Morgan fingerprint density at radius 2 is 2.06 bits per heavy atom. The number of benzene rings is 1. The van der Waals surface area contributed by atoms with Gasteiger partial charge in [0.1, 0.15) is 5.75 Å². The molecule has 1 aromatic rings. The molecule has 17 heavy (non-hydrogen) atoms. The van der Waals surface area contributed by atoms with Gasteiger partial charge in [-0.3, -0.25) is 4.79 Å². The largest absolute Gasteiger partial charge is 0.508 e. The number of hydrogen-bond acceptors (Lipinski definition) is 3. The number of aromatic hydroxyl groups is 1. The Morgan fingerprint density at radius 1 is 1.41 bits per heavy atom. The van der Waals surface area contributed by atoms with Crippen LogP contribution in [0, 0.1) is 5.92 Å². The van der Waals surface area contributed by atoms with Crippen molar-refractivity contribution < 1.29 is 9.90 Å². The molecule has 1 unspecified atom stereocenters. The molecule has 0 saturated heterocycles. The van der Waals surface area contributed by atoms with Crippen molar-refractivity contribution in [1.82, 2.24) is 5.32 Å². The Kier molecular flexibility index (Phi) is 4.97. The molecule has 0 aromatic heterocycles. The summed E-state index contributed by atoms with van der Waals surface area (Å²) in [6.45, 7) is 4.35. The van der Waals surface area contributed by atoms with Gasteiger partial charge in [-0.15, -0.1) is 0 Å². The zero-order valence-corrected chi connectivity index (χ0v) is 10.3. The predicted molar refractivity (Wildman–Crippen MR) is 67.4 cm³/mol. The van der Waals surface area contributed by atoms with Crippen molar-refractivity contribution in [3.63, 3.8) is 0 Å². The van der Waals surface area contributed by atoms with Gasteiger partial charge in [0.2, 0.25) is 5.91 Å². The van der Waals surface area contributed by atoms with Gasteiger partial charge in [0.15, 0.2) is 0 Å². The third kappa shape index (κ3) is 4.44. The normalized spacial score (nSPS) is 12.5. The van der Waals surface area contributed by atoms with Crippen LogP contribution < -0.4 is 11.1 Å². The van der Waals surface area contributed by atoms with Crippen molar-refractivity contribution in [2.24, 2.45) is 11.7 Å². The number of nitrogens with two attached hydrogens (primary N) is 1. The van der Waals surface area contributed by atoms with E-state index in [0.717, 1.165) is 0 Å². The molecule has 1 rings (SSSR count). The molecule has 0 fully saturated rings. The quantitative estimate of drug-likeness (QED) is 0.723. The van der Waals surface area contributed by atoms with E-state index in [-0.39, 0.29) is 11.7 Å². The Hall–Kier alpha value is -1.55. The van der Waals surface area contributed by atoms with E-state index in [1.165, 1.54) is 0 Å². The summed E-state index contributed by atoms with van der Waals surface area (Å²) in [5.41, 5.74) is 6.44. The molecule has 0 heterocycles. The molecule has 1 atom stereocenters. The van der Waals surface area contributed by atoms with E-state index in [2.05, 4.69) is 5.32 Å². The summed E-state index contributed by atoms with van der Waals surface area (Å²) < 4.78 is 0. The first kappa shape index (κ1) is 13.5. The van der Waals surface area contributed by atoms with Gasteiger partial charge in [-0.2, -0.15) is 0 Å². The van der Waals surface area contributed by atoms with Crippen LogP contribution in [0.15, 0.2) is 24.3 Å². The summed E-state index contributed by atoms with van der Waals surface area (Å²) in [6, 6.07) is 6.43. The highest BCUT2D eigenvalue weighted by Crippen LogP contribution is 2.14. The number of rotatable bonds is 5. The molecule has 0 aliphatic carbocycles. The highest BCUT2D eigenvalue weighted by molar-refractivity contribution is 5.81. The van der Waals surface area contributed by atoms with E-state index >= 15 is 0 Å². The summed E-state index contributed by atoms with van der Waals surface area (Å²) >= 11 is 0. The standard InChI is InChI=1S/C13H20N2O2/c1-9(2)7-11(14)13(17)15-8-10-5-3-4-6-12(10)16/h3-6,9,11,16H,7-8,14H2,1-2H3,(H,15,17). The highest BCUT2D eigenvalue weighted by atomic mass is 16.3. The smallest absolute Gasteiger partial charge is 0.237 e. The van der Waals surface area contributed by atoms with Crippen LogP contribution >= 0.6 is 0 Å². The van der Waals surface area contributed by atoms with Crippen LogP contribution in [0.1, 0.15) is 25.8 Å². The van der Waals surface area contributed by atoms with E-state index in [0.29, 0.717) is 24.4 Å². The minimum absolute atomic E-state index is 0.179. The second kappa shape index (κ2) is 6.25. The van der Waals surface area contributed by atoms with E-state index < -0.39 is 6.04 Å². The summed E-state index contributed by atoms with van der Waals surface area (Å²) in [7, 11) is 0. The molecule has 4 N–H and O–H groups in total. The maximum atomic E-state index is 11.6. The van der Waals surface area contributed by atoms with E-state index in [1.807, 2.05) is 19.9 Å². The number of carbonyl (C=O) groups excluding carboxylic acids is 1. The third-order valence-electron chi connectivity index (χ3n) is 2.51. The van der Waals surface area contributed by atoms with Crippen molar-refractivity contribution in [2.45, 2.75) is 32.9 Å². The van der Waals surface area contributed by atoms with Crippen LogP contribution in [0.3, 0.4) is 0 Å². The predicted octanol–water partition coefficient (Wildman–Crippen LogP) is 1.38. The number of phenols is 1. The lowest BCUT2D eigenvalue weighted by atomic mass is 10.0. The van der Waals surface area contributed by atoms with Crippen molar-refractivity contribution in [3.8, 4) is 5.75 Å². The molecular formula is C13H20N2O2. The molecule has 0 spiro atoms. The van der Waals surface area contributed by atoms with Gasteiger partial charge in [-0.05, 0) is 18.4 Å². The lowest BCUT2D eigenvalue weighted by molar-refractivity contribution is -0.122. The Bertz CT molecular complexity index is 377. The molecular weight excluding hydrogens is 216 g/mol. The van der Waals surface area contributed by atoms with Gasteiger partial charge in [-0.1, -0.05) is 32.0 Å². The van der Waals surface area contributed by atoms with E-state index in [1.54, 1.807) is 18.2 Å². The number of para-hydroxylation sites is 1. The monoisotopic (exact) mass is 236 g/mol. The first-order valence-electron chi connectivity index (χ1n) is 5.81. The average molecular weight is 236 g/mol. The maximum absolute atomic E-state index is 11.6. The number of amides is 1. The fourth-order valence-corrected chi connectivity index (χ4v) is 1.59. The summed E-state index contributed by atoms with van der Waals surface area (Å²) in [6.07, 6.45) is 0.659. The van der Waals surface area contributed by atoms with Gasteiger partial charge in [0.05, 0.1) is 6.04 Å². The molecule has 0 aliphatic rings. The van der Waals surface area contributed by atoms with E-state index in [4.69, 9.17) is 5.73 Å². The molecule has 4 heteroatoms. The van der Waals surface area contributed by atoms with Gasteiger partial charge in [-0.25, -0.2) is 0 Å². The van der Waals surface area contributed by atoms with E-state index in [9.17, 15) is 9.90 Å². The zero-order valence-electron chi connectivity index (χ0n) is 10.3. The van der Waals surface area contributed by atoms with Gasteiger partial charge in [0, 0.05) is 12.1 Å². The summed E-state index contributed by atoms with van der Waals surface area (Å²) in [4.78, 5) is 11.6. The van der Waals surface area contributed by atoms with Gasteiger partial charge >= 0.3 is 0 Å². The van der Waals surface area contributed by atoms with Crippen molar-refractivity contribution >= 4 is 5.91 Å². The van der Waals surface area contributed by atoms with Crippen molar-refractivity contribution in [1.29, 1.82) is 0 Å². The molecule has 0 saturated carbocycles. The second-order valence-electron chi connectivity index (χ2n) is 4.58. The maximum Gasteiger partial charge on any atom is 0.237 e. The third-order valence-corrected chi connectivity index (χ3v) is 2.51. The summed E-state index contributed by atoms with van der Waals surface area (Å²) in [5.74, 6) is 0.396. The van der Waals surface area contributed by atoms with Crippen molar-refractivity contribution in [3.05, 3.63) is 29.8 Å². The molecule has 0 aliphatic heterocycles. The number of hydrogen-bond donors (Lipinski definition) is 3. The fraction of sp³-hybridized carbons (Fsp3) is 0.462. The van der Waals surface area contributed by atoms with Crippen LogP contribution in [-0.4, -0.2) is 17.1 Å². The fourth-order valence-electron chi connectivity index (χ4n) is 1.59. The molecule has 0 radical (unpaired) electrons. The molecule has 1 amide bonds. The Morgan fingerprint density at radius 3 is 2.65 bits per heavy atom. The van der Waals surface area contributed by atoms with Gasteiger partial charge < -0.3 is 16.2 Å². The van der Waals surface area contributed by atoms with Crippen LogP contribution in [0.2, 0.25) is 0 Å². The summed E-state index contributed by atoms with van der Waals surface area (Å²) in [5, 5.41) is 12.2. The molecule has 0 bridgehead atoms. The molecule has 1 aromatic carbocycles. The van der Waals surface area contributed by atoms with Crippen LogP contribution in [0.5, 0.6) is 5.75 Å². The lowest BCUT2D eigenvalue weighted by Crippen LogP contribution is -2.41. The topological polar surface area (TPSA) is 75.4 Å². The Balaban J connectivity index is 2.46. The van der Waals surface area contributed by atoms with Crippen LogP contribution in [0.4, 0.5) is 0 Å². The minimum atomic E-state index is -0.485. The first-order chi connectivity index (χ1) is 8.00. The number of phenolic OH excluding ortho intramolecular Hbond substituents is 1. The minimum Gasteiger partial charge on any atom is -0.508 e. The highest BCUT2D eigenvalue weighted by Gasteiger charge is 2.14.